The average Bonchev–Trinajstić information content (AvgIpc) is 2.89. The summed E-state index contributed by atoms with van der Waals surface area (Å²) in [6, 6.07) is 9.98. The van der Waals surface area contributed by atoms with Gasteiger partial charge in [0.1, 0.15) is 17.1 Å². The SMILES string of the molecule is C/C(N)=C/C=N\C(Cn1c(=O)nc(N2CCN(C(=O)OC(C)(C)C)C[C@@H]2C)c2cc(F)c(Cl)nc21)c1ccccc1. The third-order valence-corrected chi connectivity index (χ3v) is 6.80. The van der Waals surface area contributed by atoms with Gasteiger partial charge in [-0.15, -0.1) is 0 Å². The van der Waals surface area contributed by atoms with Gasteiger partial charge in [0, 0.05) is 37.6 Å². The van der Waals surface area contributed by atoms with Gasteiger partial charge in [-0.25, -0.2) is 19.0 Å². The molecule has 1 fully saturated rings. The van der Waals surface area contributed by atoms with Crippen molar-refractivity contribution in [2.24, 2.45) is 10.7 Å². The molecule has 3 heterocycles. The molecule has 1 aromatic carbocycles. The van der Waals surface area contributed by atoms with Crippen LogP contribution in [0.25, 0.3) is 11.0 Å². The molecule has 1 aliphatic rings. The summed E-state index contributed by atoms with van der Waals surface area (Å²) in [7, 11) is 0. The Balaban J connectivity index is 1.74. The molecule has 12 heteroatoms. The number of carbonyl (C=O) groups is 1. The number of rotatable bonds is 6. The fraction of sp³-hybridized carbons (Fsp3) is 0.414. The summed E-state index contributed by atoms with van der Waals surface area (Å²) in [5, 5.41) is -0.0235. The Morgan fingerprint density at radius 3 is 2.61 bits per heavy atom. The Hall–Kier alpha value is -3.99. The number of allylic oxidation sites excluding steroid dienone is 2. The number of ether oxygens (including phenoxy) is 1. The highest BCUT2D eigenvalue weighted by atomic mass is 35.5. The fourth-order valence-electron chi connectivity index (χ4n) is 4.63. The largest absolute Gasteiger partial charge is 0.444 e. The normalized spacial score (nSPS) is 17.3. The van der Waals surface area contributed by atoms with Crippen LogP contribution in [0.3, 0.4) is 0 Å². The summed E-state index contributed by atoms with van der Waals surface area (Å²) >= 11 is 6.11. The van der Waals surface area contributed by atoms with Crippen LogP contribution in [0.15, 0.2) is 58.0 Å². The fourth-order valence-corrected chi connectivity index (χ4v) is 4.76. The monoisotopic (exact) mass is 583 g/mol. The molecule has 2 aromatic heterocycles. The first-order valence-electron chi connectivity index (χ1n) is 13.4. The lowest BCUT2D eigenvalue weighted by atomic mass is 10.1. The second kappa shape index (κ2) is 12.3. The molecule has 218 valence electrons. The van der Waals surface area contributed by atoms with Crippen LogP contribution in [-0.4, -0.2) is 63.0 Å². The summed E-state index contributed by atoms with van der Waals surface area (Å²) < 4.78 is 21.7. The van der Waals surface area contributed by atoms with Crippen molar-refractivity contribution >= 4 is 40.8 Å². The lowest BCUT2D eigenvalue weighted by Crippen LogP contribution is -2.55. The molecular weight excluding hydrogens is 549 g/mol. The number of anilines is 1. The molecule has 0 saturated carbocycles. The minimum absolute atomic E-state index is 0.0809. The molecule has 0 aliphatic carbocycles. The van der Waals surface area contributed by atoms with E-state index in [1.807, 2.05) is 62.9 Å². The highest BCUT2D eigenvalue weighted by Crippen LogP contribution is 2.30. The molecule has 4 rings (SSSR count). The Labute approximate surface area is 243 Å². The van der Waals surface area contributed by atoms with Gasteiger partial charge >= 0.3 is 11.8 Å². The third-order valence-electron chi connectivity index (χ3n) is 6.54. The second-order valence-electron chi connectivity index (χ2n) is 11.1. The number of amides is 1. The summed E-state index contributed by atoms with van der Waals surface area (Å²) in [5.74, 6) is -0.448. The van der Waals surface area contributed by atoms with Crippen molar-refractivity contribution in [1.82, 2.24) is 19.4 Å². The van der Waals surface area contributed by atoms with Crippen molar-refractivity contribution < 1.29 is 13.9 Å². The zero-order valence-electron chi connectivity index (χ0n) is 23.8. The molecule has 1 amide bonds. The number of hydrogen-bond donors (Lipinski definition) is 1. The van der Waals surface area contributed by atoms with E-state index >= 15 is 0 Å². The van der Waals surface area contributed by atoms with E-state index in [2.05, 4.69) is 15.0 Å². The Morgan fingerprint density at radius 2 is 1.98 bits per heavy atom. The molecule has 3 aromatic rings. The van der Waals surface area contributed by atoms with Gasteiger partial charge in [-0.2, -0.15) is 4.98 Å². The van der Waals surface area contributed by atoms with Crippen molar-refractivity contribution in [3.63, 3.8) is 0 Å². The highest BCUT2D eigenvalue weighted by Gasteiger charge is 2.32. The highest BCUT2D eigenvalue weighted by molar-refractivity contribution is 6.30. The van der Waals surface area contributed by atoms with Crippen LogP contribution in [-0.2, 0) is 11.3 Å². The predicted molar refractivity (Wildman–Crippen MR) is 159 cm³/mol. The number of halogens is 2. The Morgan fingerprint density at radius 1 is 1.27 bits per heavy atom. The number of benzene rings is 1. The van der Waals surface area contributed by atoms with Crippen LogP contribution in [0.4, 0.5) is 15.0 Å². The van der Waals surface area contributed by atoms with Crippen molar-refractivity contribution in [3.05, 3.63) is 75.2 Å². The molecule has 0 spiro atoms. The first kappa shape index (κ1) is 30.0. The van der Waals surface area contributed by atoms with Crippen LogP contribution >= 0.6 is 11.6 Å². The van der Waals surface area contributed by atoms with Gasteiger partial charge < -0.3 is 20.3 Å². The van der Waals surface area contributed by atoms with Gasteiger partial charge in [-0.1, -0.05) is 41.9 Å². The van der Waals surface area contributed by atoms with E-state index in [4.69, 9.17) is 22.1 Å². The van der Waals surface area contributed by atoms with Crippen LogP contribution < -0.4 is 16.3 Å². The van der Waals surface area contributed by atoms with Gasteiger partial charge in [0.2, 0.25) is 0 Å². The molecule has 1 aliphatic heterocycles. The van der Waals surface area contributed by atoms with E-state index in [-0.39, 0.29) is 29.2 Å². The molecule has 0 radical (unpaired) electrons. The maximum absolute atomic E-state index is 14.8. The second-order valence-corrected chi connectivity index (χ2v) is 11.4. The van der Waals surface area contributed by atoms with E-state index in [0.717, 1.165) is 5.56 Å². The van der Waals surface area contributed by atoms with Crippen LogP contribution in [0, 0.1) is 5.82 Å². The number of piperazine rings is 1. The average molecular weight is 584 g/mol. The summed E-state index contributed by atoms with van der Waals surface area (Å²) in [5.41, 5.74) is 6.19. The summed E-state index contributed by atoms with van der Waals surface area (Å²) in [6.07, 6.45) is 2.85. The molecule has 41 heavy (non-hydrogen) atoms. The number of nitrogens with two attached hydrogens (primary N) is 1. The smallest absolute Gasteiger partial charge is 0.410 e. The zero-order chi connectivity index (χ0) is 29.9. The standard InChI is InChI=1S/C29H35ClFN7O3/c1-18(32)11-12-33-23(20-9-7-6-8-10-20)17-38-25-21(15-22(31)24(30)34-25)26(35-27(38)39)37-14-13-36(16-19(37)2)28(40)41-29(3,4)5/h6-12,15,19,23H,13-14,16-17,32H2,1-5H3/b18-11-,33-12-/t19-,23?/m0/s1. The van der Waals surface area contributed by atoms with E-state index < -0.39 is 29.2 Å². The molecule has 2 atom stereocenters. The van der Waals surface area contributed by atoms with Gasteiger partial charge in [0.05, 0.1) is 18.0 Å². The Bertz CT molecular complexity index is 1530. The topological polar surface area (TPSA) is 119 Å². The van der Waals surface area contributed by atoms with Crippen molar-refractivity contribution in [2.75, 3.05) is 24.5 Å². The maximum atomic E-state index is 14.8. The maximum Gasteiger partial charge on any atom is 0.410 e. The van der Waals surface area contributed by atoms with E-state index in [9.17, 15) is 14.0 Å². The first-order valence-corrected chi connectivity index (χ1v) is 13.7. The molecule has 0 bridgehead atoms. The molecule has 2 N–H and O–H groups in total. The lowest BCUT2D eigenvalue weighted by Gasteiger charge is -2.41. The predicted octanol–water partition coefficient (Wildman–Crippen LogP) is 4.70. The molecular formula is C29H35ClFN7O3. The lowest BCUT2D eigenvalue weighted by molar-refractivity contribution is 0.0218. The summed E-state index contributed by atoms with van der Waals surface area (Å²) in [6.45, 7) is 10.2. The van der Waals surface area contributed by atoms with Gasteiger partial charge in [0.25, 0.3) is 0 Å². The molecule has 1 unspecified atom stereocenters. The van der Waals surface area contributed by atoms with Crippen molar-refractivity contribution in [2.45, 2.75) is 58.8 Å². The minimum atomic E-state index is -0.728. The first-order chi connectivity index (χ1) is 19.3. The molecule has 1 saturated heterocycles. The van der Waals surface area contributed by atoms with Crippen LogP contribution in [0.2, 0.25) is 5.15 Å². The van der Waals surface area contributed by atoms with Crippen molar-refractivity contribution in [3.8, 4) is 0 Å². The zero-order valence-corrected chi connectivity index (χ0v) is 24.6. The number of carbonyl (C=O) groups excluding carboxylic acids is 1. The number of pyridine rings is 1. The number of aromatic nitrogens is 3. The van der Waals surface area contributed by atoms with Gasteiger partial charge in [-0.3, -0.25) is 9.56 Å². The number of hydrogen-bond acceptors (Lipinski definition) is 8. The van der Waals surface area contributed by atoms with Gasteiger partial charge in [-0.05, 0) is 52.3 Å². The quantitative estimate of drug-likeness (QED) is 0.330. The number of fused-ring (bicyclic) bond motifs is 1. The van der Waals surface area contributed by atoms with E-state index in [0.29, 0.717) is 30.7 Å². The molecule has 10 nitrogen and oxygen atoms in total. The Kier molecular flexibility index (Phi) is 8.96. The summed E-state index contributed by atoms with van der Waals surface area (Å²) in [4.78, 5) is 43.0. The van der Waals surface area contributed by atoms with E-state index in [1.54, 1.807) is 24.1 Å². The number of aliphatic imine (C=N–C) groups is 1. The third kappa shape index (κ3) is 7.21. The number of nitrogens with zero attached hydrogens (tertiary/aromatic N) is 6. The van der Waals surface area contributed by atoms with E-state index in [1.165, 1.54) is 10.6 Å². The van der Waals surface area contributed by atoms with Crippen molar-refractivity contribution in [1.29, 1.82) is 0 Å². The van der Waals surface area contributed by atoms with Crippen LogP contribution in [0.1, 0.15) is 46.2 Å². The minimum Gasteiger partial charge on any atom is -0.444 e. The van der Waals surface area contributed by atoms with Crippen LogP contribution in [0.5, 0.6) is 0 Å². The van der Waals surface area contributed by atoms with Gasteiger partial charge in [0.15, 0.2) is 11.0 Å².